The van der Waals surface area contributed by atoms with Gasteiger partial charge in [0.25, 0.3) is 5.91 Å². The van der Waals surface area contributed by atoms with E-state index >= 15 is 0 Å². The van der Waals surface area contributed by atoms with E-state index in [2.05, 4.69) is 22.1 Å². The number of nitrogens with one attached hydrogen (secondary N) is 1. The number of carbonyl (C=O) groups is 1. The number of nitrogens with zero attached hydrogens (tertiary/aromatic N) is 1. The standard InChI is InChI=1S/C16H16N2O2S/c1-12-4-5-13(3-2-8-19)15(9-12)16(20)17-7-6-14-10-21-11-18-14/h4-5,9-11,19H,6-8H2,1H3,(H,17,20). The van der Waals surface area contributed by atoms with Crippen LogP contribution in [0.1, 0.15) is 27.2 Å². The number of carbonyl (C=O) groups excluding carboxylic acids is 1. The average Bonchev–Trinajstić information content (AvgIpc) is 2.99. The number of hydrogen-bond donors (Lipinski definition) is 2. The van der Waals surface area contributed by atoms with Crippen molar-refractivity contribution in [2.24, 2.45) is 0 Å². The molecule has 0 saturated heterocycles. The van der Waals surface area contributed by atoms with Crippen LogP contribution in [0.25, 0.3) is 0 Å². The fraction of sp³-hybridized carbons (Fsp3) is 0.250. The first-order valence-electron chi connectivity index (χ1n) is 6.56. The molecule has 0 bridgehead atoms. The largest absolute Gasteiger partial charge is 0.384 e. The Kier molecular flexibility index (Phi) is 5.50. The van der Waals surface area contributed by atoms with Gasteiger partial charge in [0, 0.05) is 23.9 Å². The molecule has 21 heavy (non-hydrogen) atoms. The lowest BCUT2D eigenvalue weighted by atomic mass is 10.0. The third-order valence-electron chi connectivity index (χ3n) is 2.87. The Hall–Kier alpha value is -2.16. The van der Waals surface area contributed by atoms with E-state index in [9.17, 15) is 4.79 Å². The Morgan fingerprint density at radius 2 is 2.33 bits per heavy atom. The summed E-state index contributed by atoms with van der Waals surface area (Å²) in [5.74, 6) is 5.22. The summed E-state index contributed by atoms with van der Waals surface area (Å²) < 4.78 is 0. The Morgan fingerprint density at radius 1 is 1.48 bits per heavy atom. The smallest absolute Gasteiger partial charge is 0.252 e. The molecule has 0 radical (unpaired) electrons. The normalized spacial score (nSPS) is 9.81. The molecule has 1 aromatic heterocycles. The summed E-state index contributed by atoms with van der Waals surface area (Å²) in [6.07, 6.45) is 0.707. The zero-order chi connectivity index (χ0) is 15.1. The zero-order valence-corrected chi connectivity index (χ0v) is 12.5. The molecule has 4 nitrogen and oxygen atoms in total. The molecule has 1 aromatic carbocycles. The van der Waals surface area contributed by atoms with E-state index in [0.29, 0.717) is 24.1 Å². The van der Waals surface area contributed by atoms with Gasteiger partial charge in [-0.3, -0.25) is 4.79 Å². The molecule has 0 spiro atoms. The van der Waals surface area contributed by atoms with E-state index in [0.717, 1.165) is 11.3 Å². The van der Waals surface area contributed by atoms with Crippen LogP contribution in [0.3, 0.4) is 0 Å². The van der Waals surface area contributed by atoms with Crippen molar-refractivity contribution >= 4 is 17.2 Å². The molecule has 1 amide bonds. The van der Waals surface area contributed by atoms with Crippen molar-refractivity contribution in [2.45, 2.75) is 13.3 Å². The average molecular weight is 300 g/mol. The minimum atomic E-state index is -0.223. The first kappa shape index (κ1) is 15.2. The highest BCUT2D eigenvalue weighted by molar-refractivity contribution is 7.07. The topological polar surface area (TPSA) is 62.2 Å². The molecular formula is C16H16N2O2S. The Bertz CT molecular complexity index is 669. The second kappa shape index (κ2) is 7.58. The number of aromatic nitrogens is 1. The van der Waals surface area contributed by atoms with Crippen molar-refractivity contribution in [1.82, 2.24) is 10.3 Å². The highest BCUT2D eigenvalue weighted by Crippen LogP contribution is 2.11. The van der Waals surface area contributed by atoms with Gasteiger partial charge in [-0.25, -0.2) is 4.98 Å². The van der Waals surface area contributed by atoms with Crippen molar-refractivity contribution in [2.75, 3.05) is 13.2 Å². The summed E-state index contributed by atoms with van der Waals surface area (Å²) in [4.78, 5) is 16.4. The molecule has 0 aliphatic rings. The fourth-order valence-electron chi connectivity index (χ4n) is 1.85. The SMILES string of the molecule is Cc1ccc(C#CCO)c(C(=O)NCCc2cscn2)c1. The number of aliphatic hydroxyl groups is 1. The number of thiazole rings is 1. The van der Waals surface area contributed by atoms with Crippen LogP contribution in [0.2, 0.25) is 0 Å². The molecule has 0 atom stereocenters. The minimum absolute atomic E-state index is 0.156. The van der Waals surface area contributed by atoms with Crippen molar-refractivity contribution in [3.8, 4) is 11.8 Å². The van der Waals surface area contributed by atoms with Crippen molar-refractivity contribution in [1.29, 1.82) is 0 Å². The second-order valence-electron chi connectivity index (χ2n) is 4.49. The monoisotopic (exact) mass is 300 g/mol. The molecule has 0 saturated carbocycles. The fourth-order valence-corrected chi connectivity index (χ4v) is 2.44. The minimum Gasteiger partial charge on any atom is -0.384 e. The molecule has 0 unspecified atom stereocenters. The molecule has 2 N–H and O–H groups in total. The third-order valence-corrected chi connectivity index (χ3v) is 3.51. The lowest BCUT2D eigenvalue weighted by Crippen LogP contribution is -2.26. The lowest BCUT2D eigenvalue weighted by Gasteiger charge is -2.07. The maximum atomic E-state index is 12.3. The van der Waals surface area contributed by atoms with Crippen LogP contribution in [0, 0.1) is 18.8 Å². The predicted molar refractivity (Wildman–Crippen MR) is 83.3 cm³/mol. The Labute approximate surface area is 127 Å². The molecular weight excluding hydrogens is 284 g/mol. The number of aryl methyl sites for hydroxylation is 1. The summed E-state index contributed by atoms with van der Waals surface area (Å²) in [6.45, 7) is 2.23. The van der Waals surface area contributed by atoms with Gasteiger partial charge in [-0.15, -0.1) is 11.3 Å². The molecule has 5 heteroatoms. The van der Waals surface area contributed by atoms with Crippen molar-refractivity contribution < 1.29 is 9.90 Å². The van der Waals surface area contributed by atoms with Gasteiger partial charge >= 0.3 is 0 Å². The van der Waals surface area contributed by atoms with E-state index < -0.39 is 0 Å². The summed E-state index contributed by atoms with van der Waals surface area (Å²) >= 11 is 1.54. The van der Waals surface area contributed by atoms with E-state index in [1.165, 1.54) is 0 Å². The van der Waals surface area contributed by atoms with Gasteiger partial charge < -0.3 is 10.4 Å². The molecule has 2 aromatic rings. The highest BCUT2D eigenvalue weighted by atomic mass is 32.1. The van der Waals surface area contributed by atoms with Crippen LogP contribution in [0.4, 0.5) is 0 Å². The summed E-state index contributed by atoms with van der Waals surface area (Å²) in [6, 6.07) is 5.50. The number of hydrogen-bond acceptors (Lipinski definition) is 4. The van der Waals surface area contributed by atoms with Crippen LogP contribution in [0.5, 0.6) is 0 Å². The van der Waals surface area contributed by atoms with Crippen LogP contribution in [-0.4, -0.2) is 29.1 Å². The number of aliphatic hydroxyl groups excluding tert-OH is 1. The first-order chi connectivity index (χ1) is 10.2. The highest BCUT2D eigenvalue weighted by Gasteiger charge is 2.10. The Morgan fingerprint density at radius 3 is 3.05 bits per heavy atom. The van der Waals surface area contributed by atoms with Gasteiger partial charge in [-0.1, -0.05) is 23.5 Å². The second-order valence-corrected chi connectivity index (χ2v) is 5.21. The summed E-state index contributed by atoms with van der Waals surface area (Å²) in [7, 11) is 0. The number of amides is 1. The van der Waals surface area contributed by atoms with E-state index in [-0.39, 0.29) is 12.5 Å². The van der Waals surface area contributed by atoms with Crippen LogP contribution < -0.4 is 5.32 Å². The Balaban J connectivity index is 2.05. The lowest BCUT2D eigenvalue weighted by molar-refractivity contribution is 0.0953. The molecule has 0 aliphatic heterocycles. The van der Waals surface area contributed by atoms with Gasteiger partial charge in [-0.2, -0.15) is 0 Å². The van der Waals surface area contributed by atoms with Gasteiger partial charge in [0.15, 0.2) is 0 Å². The zero-order valence-electron chi connectivity index (χ0n) is 11.7. The van der Waals surface area contributed by atoms with E-state index in [1.807, 2.05) is 18.4 Å². The molecule has 1 heterocycles. The van der Waals surface area contributed by atoms with Crippen LogP contribution in [-0.2, 0) is 6.42 Å². The van der Waals surface area contributed by atoms with Gasteiger partial charge in [0.05, 0.1) is 16.8 Å². The summed E-state index contributed by atoms with van der Waals surface area (Å²) in [5, 5.41) is 13.6. The number of rotatable bonds is 4. The van der Waals surface area contributed by atoms with Gasteiger partial charge in [0.1, 0.15) is 6.61 Å². The summed E-state index contributed by atoms with van der Waals surface area (Å²) in [5.41, 5.74) is 4.91. The molecule has 0 aliphatic carbocycles. The number of benzene rings is 1. The molecule has 108 valence electrons. The maximum absolute atomic E-state index is 12.3. The first-order valence-corrected chi connectivity index (χ1v) is 7.50. The van der Waals surface area contributed by atoms with E-state index in [4.69, 9.17) is 5.11 Å². The molecule has 0 fully saturated rings. The van der Waals surface area contributed by atoms with Crippen molar-refractivity contribution in [3.05, 3.63) is 51.5 Å². The quantitative estimate of drug-likeness (QED) is 0.846. The predicted octanol–water partition coefficient (Wildman–Crippen LogP) is 1.77. The van der Waals surface area contributed by atoms with Gasteiger partial charge in [-0.05, 0) is 19.1 Å². The molecule has 2 rings (SSSR count). The third kappa shape index (κ3) is 4.42. The maximum Gasteiger partial charge on any atom is 0.252 e. The van der Waals surface area contributed by atoms with E-state index in [1.54, 1.807) is 29.0 Å². The van der Waals surface area contributed by atoms with Crippen molar-refractivity contribution in [3.63, 3.8) is 0 Å². The van der Waals surface area contributed by atoms with Crippen LogP contribution in [0.15, 0.2) is 29.1 Å². The van der Waals surface area contributed by atoms with Crippen LogP contribution >= 0.6 is 11.3 Å². The van der Waals surface area contributed by atoms with Gasteiger partial charge in [0.2, 0.25) is 0 Å².